The van der Waals surface area contributed by atoms with Crippen molar-refractivity contribution in [2.45, 2.75) is 70.6 Å². The number of hydrogen-bond donors (Lipinski definition) is 0. The summed E-state index contributed by atoms with van der Waals surface area (Å²) >= 11 is 0. The molecule has 154 valence electrons. The molecule has 0 saturated carbocycles. The number of halogens is 3. The molecule has 3 aliphatic heterocycles. The van der Waals surface area contributed by atoms with Gasteiger partial charge < -0.3 is 9.80 Å². The number of amides is 1. The molecule has 3 fully saturated rings. The average Bonchev–Trinajstić information content (AvgIpc) is 2.64. The Bertz CT molecular complexity index is 751. The third-order valence-corrected chi connectivity index (χ3v) is 6.67. The van der Waals surface area contributed by atoms with Gasteiger partial charge in [0.1, 0.15) is 5.82 Å². The summed E-state index contributed by atoms with van der Waals surface area (Å²) in [7, 11) is 0. The van der Waals surface area contributed by atoms with Crippen molar-refractivity contribution in [1.29, 1.82) is 0 Å². The third kappa shape index (κ3) is 3.48. The number of rotatable bonds is 3. The number of pyridine rings is 1. The number of piperidine rings is 3. The van der Waals surface area contributed by atoms with E-state index in [1.165, 1.54) is 6.07 Å². The number of aryl methyl sites for hydroxylation is 1. The summed E-state index contributed by atoms with van der Waals surface area (Å²) in [4.78, 5) is 21.3. The van der Waals surface area contributed by atoms with Gasteiger partial charge in [0.2, 0.25) is 5.91 Å². The molecule has 4 rings (SSSR count). The molecule has 4 nitrogen and oxygen atoms in total. The number of aromatic nitrogens is 1. The van der Waals surface area contributed by atoms with E-state index in [1.807, 2.05) is 4.90 Å². The lowest BCUT2D eigenvalue weighted by molar-refractivity contribution is -0.149. The predicted octanol–water partition coefficient (Wildman–Crippen LogP) is 4.41. The second-order valence-electron chi connectivity index (χ2n) is 8.63. The molecule has 0 spiro atoms. The number of carbonyl (C=O) groups is 1. The quantitative estimate of drug-likeness (QED) is 0.760. The van der Waals surface area contributed by atoms with Crippen LogP contribution in [0, 0.1) is 18.8 Å². The summed E-state index contributed by atoms with van der Waals surface area (Å²) in [6, 6.07) is 2.72. The molecule has 2 bridgehead atoms. The van der Waals surface area contributed by atoms with E-state index in [-0.39, 0.29) is 18.0 Å². The highest BCUT2D eigenvalue weighted by atomic mass is 19.4. The van der Waals surface area contributed by atoms with Gasteiger partial charge in [-0.25, -0.2) is 4.98 Å². The first-order valence-electron chi connectivity index (χ1n) is 10.4. The topological polar surface area (TPSA) is 36.4 Å². The van der Waals surface area contributed by atoms with Gasteiger partial charge in [0.05, 0.1) is 5.56 Å². The fourth-order valence-electron chi connectivity index (χ4n) is 5.61. The first-order valence-corrected chi connectivity index (χ1v) is 10.4. The van der Waals surface area contributed by atoms with Gasteiger partial charge in [-0.05, 0) is 56.6 Å². The molecule has 3 aliphatic rings. The van der Waals surface area contributed by atoms with Gasteiger partial charge in [0, 0.05) is 37.3 Å². The number of alkyl halides is 3. The van der Waals surface area contributed by atoms with Crippen LogP contribution in [0.15, 0.2) is 12.1 Å². The summed E-state index contributed by atoms with van der Waals surface area (Å²) in [6.45, 7) is 5.10. The average molecular weight is 395 g/mol. The van der Waals surface area contributed by atoms with Crippen LogP contribution < -0.4 is 4.90 Å². The van der Waals surface area contributed by atoms with E-state index >= 15 is 0 Å². The summed E-state index contributed by atoms with van der Waals surface area (Å²) < 4.78 is 39.8. The lowest BCUT2D eigenvalue weighted by Gasteiger charge is -2.57. The molecule has 7 heteroatoms. The molecule has 4 atom stereocenters. The summed E-state index contributed by atoms with van der Waals surface area (Å²) in [5.74, 6) is 1.31. The van der Waals surface area contributed by atoms with Crippen LogP contribution in [0.3, 0.4) is 0 Å². The summed E-state index contributed by atoms with van der Waals surface area (Å²) in [5, 5.41) is 0. The molecular weight excluding hydrogens is 367 g/mol. The second kappa shape index (κ2) is 7.23. The third-order valence-electron chi connectivity index (χ3n) is 6.67. The smallest absolute Gasteiger partial charge is 0.356 e. The van der Waals surface area contributed by atoms with Gasteiger partial charge in [0.15, 0.2) is 0 Å². The molecule has 4 heterocycles. The van der Waals surface area contributed by atoms with Crippen molar-refractivity contribution in [2.75, 3.05) is 18.0 Å². The maximum absolute atomic E-state index is 13.3. The molecule has 1 amide bonds. The van der Waals surface area contributed by atoms with E-state index in [0.717, 1.165) is 38.2 Å². The van der Waals surface area contributed by atoms with Gasteiger partial charge in [-0.15, -0.1) is 0 Å². The van der Waals surface area contributed by atoms with Crippen LogP contribution in [-0.2, 0) is 11.0 Å². The Morgan fingerprint density at radius 3 is 2.68 bits per heavy atom. The van der Waals surface area contributed by atoms with E-state index < -0.39 is 11.7 Å². The normalized spacial score (nSPS) is 30.4. The summed E-state index contributed by atoms with van der Waals surface area (Å²) in [6.07, 6.45) is 1.21. The lowest BCUT2D eigenvalue weighted by Crippen LogP contribution is -2.65. The Morgan fingerprint density at radius 2 is 1.96 bits per heavy atom. The molecule has 0 unspecified atom stereocenters. The van der Waals surface area contributed by atoms with E-state index in [4.69, 9.17) is 0 Å². The monoisotopic (exact) mass is 395 g/mol. The SMILES string of the molecule is CCC[C@H]1[C@H]2C[C@H](CN(c3cc(C(F)(F)F)cc(C)n3)C2)[C@@H]2CCCC(=O)N21. The molecule has 1 aromatic rings. The molecule has 0 aromatic carbocycles. The Kier molecular flexibility index (Phi) is 5.04. The van der Waals surface area contributed by atoms with Crippen LogP contribution in [0.4, 0.5) is 19.0 Å². The minimum Gasteiger partial charge on any atom is -0.356 e. The number of fused-ring (bicyclic) bond motifs is 4. The molecule has 0 N–H and O–H groups in total. The van der Waals surface area contributed by atoms with Crippen LogP contribution in [-0.4, -0.2) is 41.0 Å². The Labute approximate surface area is 164 Å². The van der Waals surface area contributed by atoms with Crippen molar-refractivity contribution < 1.29 is 18.0 Å². The first-order chi connectivity index (χ1) is 13.3. The number of anilines is 1. The first kappa shape index (κ1) is 19.5. The Morgan fingerprint density at radius 1 is 1.21 bits per heavy atom. The summed E-state index contributed by atoms with van der Waals surface area (Å²) in [5.41, 5.74) is -0.245. The number of carbonyl (C=O) groups excluding carboxylic acids is 1. The fraction of sp³-hybridized carbons (Fsp3) is 0.714. The largest absolute Gasteiger partial charge is 0.416 e. The molecule has 0 aliphatic carbocycles. The minimum absolute atomic E-state index is 0.203. The molecule has 3 saturated heterocycles. The maximum atomic E-state index is 13.3. The lowest BCUT2D eigenvalue weighted by atomic mass is 9.71. The van der Waals surface area contributed by atoms with E-state index in [2.05, 4.69) is 16.8 Å². The minimum atomic E-state index is -4.37. The number of hydrogen-bond acceptors (Lipinski definition) is 3. The molecule has 0 radical (unpaired) electrons. The highest BCUT2D eigenvalue weighted by Gasteiger charge is 2.49. The standard InChI is InChI=1S/C21H28F3N3O/c1-3-5-17-14-9-15(18-6-4-7-20(28)27(17)18)12-26(11-14)19-10-16(21(22,23)24)8-13(2)25-19/h8,10,14-15,17-18H,3-7,9,11-12H2,1-2H3/t14-,15+,17-,18-/m0/s1. The van der Waals surface area contributed by atoms with Crippen molar-refractivity contribution in [1.82, 2.24) is 9.88 Å². The maximum Gasteiger partial charge on any atom is 0.416 e. The van der Waals surface area contributed by atoms with E-state index in [1.54, 1.807) is 6.92 Å². The second-order valence-corrected chi connectivity index (χ2v) is 8.63. The van der Waals surface area contributed by atoms with Crippen molar-refractivity contribution >= 4 is 11.7 Å². The van der Waals surface area contributed by atoms with Crippen molar-refractivity contribution in [2.24, 2.45) is 11.8 Å². The Hall–Kier alpha value is -1.79. The Balaban J connectivity index is 1.65. The van der Waals surface area contributed by atoms with Gasteiger partial charge in [0.25, 0.3) is 0 Å². The van der Waals surface area contributed by atoms with Crippen LogP contribution in [0.5, 0.6) is 0 Å². The fourth-order valence-corrected chi connectivity index (χ4v) is 5.61. The number of nitrogens with zero attached hydrogens (tertiary/aromatic N) is 3. The zero-order valence-corrected chi connectivity index (χ0v) is 16.5. The predicted molar refractivity (Wildman–Crippen MR) is 101 cm³/mol. The van der Waals surface area contributed by atoms with Gasteiger partial charge in [-0.2, -0.15) is 13.2 Å². The highest BCUT2D eigenvalue weighted by molar-refractivity contribution is 5.78. The zero-order valence-electron chi connectivity index (χ0n) is 16.5. The van der Waals surface area contributed by atoms with E-state index in [0.29, 0.717) is 42.9 Å². The van der Waals surface area contributed by atoms with Gasteiger partial charge in [-0.1, -0.05) is 13.3 Å². The van der Waals surface area contributed by atoms with Gasteiger partial charge >= 0.3 is 6.18 Å². The van der Waals surface area contributed by atoms with Crippen molar-refractivity contribution in [3.63, 3.8) is 0 Å². The van der Waals surface area contributed by atoms with Crippen molar-refractivity contribution in [3.05, 3.63) is 23.4 Å². The highest BCUT2D eigenvalue weighted by Crippen LogP contribution is 2.44. The van der Waals surface area contributed by atoms with Crippen LogP contribution >= 0.6 is 0 Å². The molecular formula is C21H28F3N3O. The zero-order chi connectivity index (χ0) is 20.1. The van der Waals surface area contributed by atoms with E-state index in [9.17, 15) is 18.0 Å². The van der Waals surface area contributed by atoms with Crippen LogP contribution in [0.2, 0.25) is 0 Å². The molecule has 28 heavy (non-hydrogen) atoms. The van der Waals surface area contributed by atoms with Crippen LogP contribution in [0.1, 0.15) is 56.7 Å². The van der Waals surface area contributed by atoms with Crippen LogP contribution in [0.25, 0.3) is 0 Å². The van der Waals surface area contributed by atoms with Gasteiger partial charge in [-0.3, -0.25) is 4.79 Å². The molecule has 1 aromatic heterocycles. The van der Waals surface area contributed by atoms with Crippen molar-refractivity contribution in [3.8, 4) is 0 Å².